The predicted molar refractivity (Wildman–Crippen MR) is 75.2 cm³/mol. The summed E-state index contributed by atoms with van der Waals surface area (Å²) in [5.41, 5.74) is 2.62. The van der Waals surface area contributed by atoms with Crippen molar-refractivity contribution in [3.63, 3.8) is 0 Å². The van der Waals surface area contributed by atoms with Gasteiger partial charge in [-0.25, -0.2) is 9.13 Å². The zero-order valence-electron chi connectivity index (χ0n) is 12.6. The van der Waals surface area contributed by atoms with Crippen LogP contribution < -0.4 is 9.13 Å². The average molecular weight is 312 g/mol. The quantitative estimate of drug-likeness (QED) is 0.398. The maximum absolute atomic E-state index is 8.52. The highest BCUT2D eigenvalue weighted by Crippen LogP contribution is 1.88. The van der Waals surface area contributed by atoms with Gasteiger partial charge in [-0.3, -0.25) is 8.42 Å². The Morgan fingerprint density at radius 1 is 0.762 bits per heavy atom. The summed E-state index contributed by atoms with van der Waals surface area (Å²) in [5.74, 6) is 0. The van der Waals surface area contributed by atoms with E-state index in [1.165, 1.54) is 11.1 Å². The summed E-state index contributed by atoms with van der Waals surface area (Å²) in [6.45, 7) is 4.17. The molecule has 0 radical (unpaired) electrons. The van der Waals surface area contributed by atoms with Crippen molar-refractivity contribution in [1.29, 1.82) is 0 Å². The molecule has 0 unspecified atom stereocenters. The van der Waals surface area contributed by atoms with Crippen molar-refractivity contribution in [1.82, 2.24) is 0 Å². The molecule has 2 aromatic heterocycles. The van der Waals surface area contributed by atoms with Gasteiger partial charge in [0.05, 0.1) is 0 Å². The number of hydrogen-bond acceptors (Lipinski definition) is 4. The molecule has 21 heavy (non-hydrogen) atoms. The summed E-state index contributed by atoms with van der Waals surface area (Å²) in [7, 11) is -1.14. The molecular weight excluding hydrogens is 292 g/mol. The van der Waals surface area contributed by atoms with Crippen LogP contribution in [0.25, 0.3) is 0 Å². The van der Waals surface area contributed by atoms with E-state index in [0.717, 1.165) is 0 Å². The number of hydrogen-bond donors (Lipinski definition) is 0. The van der Waals surface area contributed by atoms with E-state index < -0.39 is 10.4 Å². The van der Waals surface area contributed by atoms with E-state index in [0.29, 0.717) is 0 Å². The highest BCUT2D eigenvalue weighted by atomic mass is 32.3. The largest absolute Gasteiger partial charge is 0.759 e. The van der Waals surface area contributed by atoms with Crippen LogP contribution in [0.1, 0.15) is 11.1 Å². The van der Waals surface area contributed by atoms with E-state index >= 15 is 0 Å². The summed E-state index contributed by atoms with van der Waals surface area (Å²) in [5, 5.41) is 0. The van der Waals surface area contributed by atoms with Crippen molar-refractivity contribution in [2.24, 2.45) is 14.1 Å². The maximum atomic E-state index is 8.52. The first kappa shape index (κ1) is 19.2. The molecule has 6 nitrogen and oxygen atoms in total. The lowest BCUT2D eigenvalue weighted by molar-refractivity contribution is -0.671. The van der Waals surface area contributed by atoms with Crippen LogP contribution in [-0.2, 0) is 24.5 Å². The number of aromatic nitrogens is 2. The second kappa shape index (κ2) is 9.17. The lowest BCUT2D eigenvalue weighted by Crippen LogP contribution is -2.25. The Hall–Kier alpha value is -1.83. The van der Waals surface area contributed by atoms with Crippen molar-refractivity contribution in [3.8, 4) is 0 Å². The SMILES string of the molecule is Cc1cc[n+](C)cc1.Cc1cc[n+](C)cc1.O=S(=O)([O-])[O-]. The monoisotopic (exact) mass is 312 g/mol. The van der Waals surface area contributed by atoms with Gasteiger partial charge in [-0.2, -0.15) is 0 Å². The van der Waals surface area contributed by atoms with Gasteiger partial charge < -0.3 is 9.11 Å². The lowest BCUT2D eigenvalue weighted by Gasteiger charge is -2.06. The number of aryl methyl sites for hydroxylation is 4. The molecule has 0 N–H and O–H groups in total. The second-order valence-electron chi connectivity index (χ2n) is 4.49. The topological polar surface area (TPSA) is 88.0 Å². The van der Waals surface area contributed by atoms with E-state index in [4.69, 9.17) is 17.5 Å². The fraction of sp³-hybridized carbons (Fsp3) is 0.286. The summed E-state index contributed by atoms with van der Waals surface area (Å²) < 4.78 is 38.1. The molecule has 2 heterocycles. The van der Waals surface area contributed by atoms with Crippen LogP contribution in [0, 0.1) is 13.8 Å². The molecular formula is C14H20N2O4S. The summed E-state index contributed by atoms with van der Waals surface area (Å²) >= 11 is 0. The summed E-state index contributed by atoms with van der Waals surface area (Å²) in [6, 6.07) is 8.33. The lowest BCUT2D eigenvalue weighted by atomic mass is 10.3. The fourth-order valence-electron chi connectivity index (χ4n) is 1.15. The molecule has 2 aromatic rings. The smallest absolute Gasteiger partial charge is 0.168 e. The van der Waals surface area contributed by atoms with E-state index in [9.17, 15) is 0 Å². The zero-order valence-corrected chi connectivity index (χ0v) is 13.4. The molecule has 0 fully saturated rings. The third kappa shape index (κ3) is 14.4. The van der Waals surface area contributed by atoms with Gasteiger partial charge in [0.25, 0.3) is 0 Å². The molecule has 116 valence electrons. The molecule has 0 bridgehead atoms. The first-order chi connectivity index (χ1) is 9.58. The zero-order chi connectivity index (χ0) is 16.5. The third-order valence-electron chi connectivity index (χ3n) is 2.29. The Kier molecular flexibility index (Phi) is 8.37. The van der Waals surface area contributed by atoms with Gasteiger partial charge in [0.15, 0.2) is 24.8 Å². The second-order valence-corrected chi connectivity index (χ2v) is 5.31. The Bertz CT molecular complexity index is 530. The molecule has 0 saturated heterocycles. The Balaban J connectivity index is 0.000000296. The molecule has 0 aliphatic carbocycles. The van der Waals surface area contributed by atoms with E-state index in [2.05, 4.69) is 38.1 Å². The Morgan fingerprint density at radius 3 is 1.10 bits per heavy atom. The maximum Gasteiger partial charge on any atom is 0.168 e. The van der Waals surface area contributed by atoms with Crippen molar-refractivity contribution in [2.75, 3.05) is 0 Å². The van der Waals surface area contributed by atoms with Crippen LogP contribution in [0.3, 0.4) is 0 Å². The van der Waals surface area contributed by atoms with E-state index in [1.54, 1.807) is 0 Å². The molecule has 7 heteroatoms. The van der Waals surface area contributed by atoms with Crippen molar-refractivity contribution < 1.29 is 26.7 Å². The third-order valence-corrected chi connectivity index (χ3v) is 2.29. The van der Waals surface area contributed by atoms with Gasteiger partial charge >= 0.3 is 0 Å². The van der Waals surface area contributed by atoms with Crippen LogP contribution in [-0.4, -0.2) is 17.5 Å². The van der Waals surface area contributed by atoms with Crippen LogP contribution in [0.15, 0.2) is 49.1 Å². The van der Waals surface area contributed by atoms with Crippen LogP contribution in [0.4, 0.5) is 0 Å². The predicted octanol–water partition coefficient (Wildman–Crippen LogP) is 0.301. The number of rotatable bonds is 0. The normalized spacial score (nSPS) is 9.81. The molecule has 0 amide bonds. The molecule has 0 atom stereocenters. The van der Waals surface area contributed by atoms with Gasteiger partial charge in [0.1, 0.15) is 14.1 Å². The molecule has 0 aliphatic heterocycles. The summed E-state index contributed by atoms with van der Waals surface area (Å²) in [6.07, 6.45) is 8.15. The van der Waals surface area contributed by atoms with E-state index in [1.807, 2.05) is 48.0 Å². The molecule has 2 rings (SSSR count). The minimum Gasteiger partial charge on any atom is -0.759 e. The summed E-state index contributed by atoms with van der Waals surface area (Å²) in [4.78, 5) is 0. The molecule has 0 aliphatic rings. The van der Waals surface area contributed by atoms with Crippen LogP contribution in [0.2, 0.25) is 0 Å². The van der Waals surface area contributed by atoms with Crippen molar-refractivity contribution in [2.45, 2.75) is 13.8 Å². The number of pyridine rings is 2. The van der Waals surface area contributed by atoms with Gasteiger partial charge in [0.2, 0.25) is 0 Å². The van der Waals surface area contributed by atoms with Crippen LogP contribution in [0.5, 0.6) is 0 Å². The average Bonchev–Trinajstić information content (AvgIpc) is 2.35. The Labute approximate surface area is 125 Å². The fourth-order valence-corrected chi connectivity index (χ4v) is 1.15. The van der Waals surface area contributed by atoms with Gasteiger partial charge in [0, 0.05) is 34.7 Å². The molecule has 0 saturated carbocycles. The van der Waals surface area contributed by atoms with Gasteiger partial charge in [-0.05, 0) is 25.0 Å². The van der Waals surface area contributed by atoms with Crippen LogP contribution >= 0.6 is 0 Å². The molecule has 0 spiro atoms. The highest BCUT2D eigenvalue weighted by molar-refractivity contribution is 7.79. The van der Waals surface area contributed by atoms with Gasteiger partial charge in [-0.1, -0.05) is 0 Å². The standard InChI is InChI=1S/2C7H10N.H2O4S/c2*1-7-3-5-8(2)6-4-7;1-5(2,3)4/h2*3-6H,1-2H3;(H2,1,2,3,4)/q2*+1;/p-2. The van der Waals surface area contributed by atoms with E-state index in [-0.39, 0.29) is 0 Å². The minimum atomic E-state index is -5.17. The molecule has 0 aromatic carbocycles. The number of nitrogens with zero attached hydrogens (tertiary/aromatic N) is 2. The first-order valence-corrected chi connectivity index (χ1v) is 7.42. The van der Waals surface area contributed by atoms with Crippen molar-refractivity contribution in [3.05, 3.63) is 60.2 Å². The highest BCUT2D eigenvalue weighted by Gasteiger charge is 1.86. The Morgan fingerprint density at radius 2 is 0.952 bits per heavy atom. The first-order valence-electron chi connectivity index (χ1n) is 6.08. The van der Waals surface area contributed by atoms with Gasteiger partial charge in [-0.15, -0.1) is 0 Å². The minimum absolute atomic E-state index is 1.31. The van der Waals surface area contributed by atoms with Crippen molar-refractivity contribution >= 4 is 10.4 Å².